The van der Waals surface area contributed by atoms with Crippen molar-refractivity contribution in [2.24, 2.45) is 0 Å². The summed E-state index contributed by atoms with van der Waals surface area (Å²) in [5, 5.41) is 9.10. The molecular weight excluding hydrogens is 344 g/mol. The number of carbonyl (C=O) groups is 1. The molecule has 146 valence electrons. The van der Waals surface area contributed by atoms with Crippen LogP contribution in [0.1, 0.15) is 91.9 Å². The van der Waals surface area contributed by atoms with Crippen LogP contribution in [0.25, 0.3) is 5.57 Å². The summed E-state index contributed by atoms with van der Waals surface area (Å²) in [6, 6.07) is 14.5. The minimum atomic E-state index is -0.867. The molecule has 28 heavy (non-hydrogen) atoms. The van der Waals surface area contributed by atoms with Gasteiger partial charge < -0.3 is 5.11 Å². The lowest BCUT2D eigenvalue weighted by Crippen LogP contribution is -2.33. The van der Waals surface area contributed by atoms with Crippen molar-refractivity contribution in [2.45, 2.75) is 70.1 Å². The largest absolute Gasteiger partial charge is 0.478 e. The molecule has 0 bridgehead atoms. The lowest BCUT2D eigenvalue weighted by molar-refractivity contribution is 0.0697. The van der Waals surface area contributed by atoms with Gasteiger partial charge in [0.25, 0.3) is 0 Å². The maximum atomic E-state index is 11.1. The zero-order valence-corrected chi connectivity index (χ0v) is 17.4. The van der Waals surface area contributed by atoms with Crippen LogP contribution in [0, 0.1) is 0 Å². The molecule has 2 aliphatic carbocycles. The Balaban J connectivity index is 1.65. The van der Waals surface area contributed by atoms with Crippen molar-refractivity contribution in [1.82, 2.24) is 0 Å². The van der Waals surface area contributed by atoms with Gasteiger partial charge in [-0.3, -0.25) is 0 Å². The molecule has 1 N–H and O–H groups in total. The molecule has 0 saturated carbocycles. The Labute approximate surface area is 168 Å². The lowest BCUT2D eigenvalue weighted by Gasteiger charge is -2.42. The molecule has 2 aromatic rings. The van der Waals surface area contributed by atoms with Gasteiger partial charge in [-0.15, -0.1) is 0 Å². The Morgan fingerprint density at radius 2 is 1.57 bits per heavy atom. The maximum Gasteiger partial charge on any atom is 0.335 e. The number of hydrogen-bond donors (Lipinski definition) is 1. The number of carboxylic acid groups (broad SMARTS) is 1. The number of rotatable bonds is 3. The molecular formula is C26H30O2. The van der Waals surface area contributed by atoms with E-state index in [2.05, 4.69) is 52.0 Å². The standard InChI is InChI=1S/C26H30O2/c1-25(2)13-14-26(3,4)23-16-21(11-12-22(23)25)20-10-9-19(15-20)17-5-7-18(8-6-17)24(27)28/h5-8,11-12,15-16,19H,9-10,13-14H2,1-4H3,(H,27,28). The first-order valence-corrected chi connectivity index (χ1v) is 10.4. The van der Waals surface area contributed by atoms with Crippen LogP contribution in [-0.2, 0) is 10.8 Å². The Kier molecular flexibility index (Phi) is 4.49. The van der Waals surface area contributed by atoms with Gasteiger partial charge in [-0.2, -0.15) is 0 Å². The SMILES string of the molecule is CC1(C)CCC(C)(C)c2cc(C3=CC(c4ccc(C(=O)O)cc4)CC3)ccc21. The normalized spacial score (nSPS) is 22.4. The molecule has 1 atom stereocenters. The fourth-order valence-corrected chi connectivity index (χ4v) is 4.89. The van der Waals surface area contributed by atoms with Gasteiger partial charge in [-0.05, 0) is 76.5 Å². The molecule has 2 aliphatic rings. The second-order valence-corrected chi connectivity index (χ2v) is 9.79. The first kappa shape index (κ1) is 19.0. The van der Waals surface area contributed by atoms with Gasteiger partial charge >= 0.3 is 5.97 Å². The van der Waals surface area contributed by atoms with Gasteiger partial charge in [0.15, 0.2) is 0 Å². The van der Waals surface area contributed by atoms with Crippen molar-refractivity contribution in [3.63, 3.8) is 0 Å². The van der Waals surface area contributed by atoms with Gasteiger partial charge in [-0.1, -0.05) is 64.1 Å². The average molecular weight is 375 g/mol. The average Bonchev–Trinajstić information content (AvgIpc) is 3.15. The first-order chi connectivity index (χ1) is 13.2. The van der Waals surface area contributed by atoms with Crippen molar-refractivity contribution < 1.29 is 9.90 Å². The zero-order valence-electron chi connectivity index (χ0n) is 17.4. The molecule has 0 radical (unpaired) electrons. The van der Waals surface area contributed by atoms with E-state index in [9.17, 15) is 4.79 Å². The minimum absolute atomic E-state index is 0.228. The van der Waals surface area contributed by atoms with Gasteiger partial charge in [0, 0.05) is 5.92 Å². The summed E-state index contributed by atoms with van der Waals surface area (Å²) in [5.41, 5.74) is 7.84. The topological polar surface area (TPSA) is 37.3 Å². The van der Waals surface area contributed by atoms with Crippen LogP contribution in [-0.4, -0.2) is 11.1 Å². The molecule has 4 rings (SSSR count). The van der Waals surface area contributed by atoms with E-state index in [1.54, 1.807) is 12.1 Å². The molecule has 0 amide bonds. The molecule has 0 fully saturated rings. The highest BCUT2D eigenvalue weighted by Crippen LogP contribution is 2.47. The highest BCUT2D eigenvalue weighted by molar-refractivity contribution is 5.87. The highest BCUT2D eigenvalue weighted by atomic mass is 16.4. The molecule has 0 saturated heterocycles. The third kappa shape index (κ3) is 3.30. The highest BCUT2D eigenvalue weighted by Gasteiger charge is 2.37. The van der Waals surface area contributed by atoms with E-state index in [1.165, 1.54) is 40.7 Å². The number of hydrogen-bond acceptors (Lipinski definition) is 1. The molecule has 0 heterocycles. The Morgan fingerprint density at radius 1 is 0.929 bits per heavy atom. The Bertz CT molecular complexity index is 945. The van der Waals surface area contributed by atoms with Crippen LogP contribution in [0.4, 0.5) is 0 Å². The van der Waals surface area contributed by atoms with Crippen LogP contribution in [0.2, 0.25) is 0 Å². The number of aromatic carboxylic acids is 1. The van der Waals surface area contributed by atoms with Crippen molar-refractivity contribution in [3.8, 4) is 0 Å². The summed E-state index contributed by atoms with van der Waals surface area (Å²) in [5.74, 6) is -0.493. The summed E-state index contributed by atoms with van der Waals surface area (Å²) in [4.78, 5) is 11.1. The van der Waals surface area contributed by atoms with Crippen molar-refractivity contribution in [2.75, 3.05) is 0 Å². The van der Waals surface area contributed by atoms with Gasteiger partial charge in [0.1, 0.15) is 0 Å². The molecule has 0 spiro atoms. The number of allylic oxidation sites excluding steroid dienone is 2. The van der Waals surface area contributed by atoms with Gasteiger partial charge in [0.05, 0.1) is 5.56 Å². The van der Waals surface area contributed by atoms with E-state index in [4.69, 9.17) is 5.11 Å². The summed E-state index contributed by atoms with van der Waals surface area (Å²) in [6.07, 6.45) is 7.03. The molecule has 0 aliphatic heterocycles. The van der Waals surface area contributed by atoms with Crippen LogP contribution < -0.4 is 0 Å². The second-order valence-electron chi connectivity index (χ2n) is 9.79. The Hall–Kier alpha value is -2.35. The summed E-state index contributed by atoms with van der Waals surface area (Å²) in [6.45, 7) is 9.49. The molecule has 2 nitrogen and oxygen atoms in total. The van der Waals surface area contributed by atoms with Crippen LogP contribution in [0.3, 0.4) is 0 Å². The number of carboxylic acids is 1. The first-order valence-electron chi connectivity index (χ1n) is 10.4. The zero-order chi connectivity index (χ0) is 20.1. The molecule has 0 aromatic heterocycles. The predicted octanol–water partition coefficient (Wildman–Crippen LogP) is 6.69. The van der Waals surface area contributed by atoms with Crippen molar-refractivity contribution in [3.05, 3.63) is 76.4 Å². The van der Waals surface area contributed by atoms with Crippen LogP contribution in [0.5, 0.6) is 0 Å². The molecule has 2 aromatic carbocycles. The van der Waals surface area contributed by atoms with Crippen molar-refractivity contribution >= 4 is 11.5 Å². The van der Waals surface area contributed by atoms with E-state index < -0.39 is 5.97 Å². The smallest absolute Gasteiger partial charge is 0.335 e. The van der Waals surface area contributed by atoms with E-state index in [0.29, 0.717) is 11.5 Å². The monoisotopic (exact) mass is 374 g/mol. The van der Waals surface area contributed by atoms with E-state index >= 15 is 0 Å². The van der Waals surface area contributed by atoms with Crippen LogP contribution >= 0.6 is 0 Å². The Morgan fingerprint density at radius 3 is 2.21 bits per heavy atom. The van der Waals surface area contributed by atoms with Crippen molar-refractivity contribution in [1.29, 1.82) is 0 Å². The third-order valence-electron chi connectivity index (χ3n) is 6.94. The molecule has 2 heteroatoms. The third-order valence-corrected chi connectivity index (χ3v) is 6.94. The van der Waals surface area contributed by atoms with E-state index in [0.717, 1.165) is 12.8 Å². The van der Waals surface area contributed by atoms with Gasteiger partial charge in [-0.25, -0.2) is 4.79 Å². The second kappa shape index (κ2) is 6.62. The summed E-state index contributed by atoms with van der Waals surface area (Å²) < 4.78 is 0. The van der Waals surface area contributed by atoms with E-state index in [-0.39, 0.29) is 10.8 Å². The quantitative estimate of drug-likeness (QED) is 0.649. The minimum Gasteiger partial charge on any atom is -0.478 e. The maximum absolute atomic E-state index is 11.1. The summed E-state index contributed by atoms with van der Waals surface area (Å²) >= 11 is 0. The van der Waals surface area contributed by atoms with E-state index in [1.807, 2.05) is 12.1 Å². The van der Waals surface area contributed by atoms with Gasteiger partial charge in [0.2, 0.25) is 0 Å². The molecule has 1 unspecified atom stereocenters. The predicted molar refractivity (Wildman–Crippen MR) is 115 cm³/mol. The number of benzene rings is 2. The number of fused-ring (bicyclic) bond motifs is 1. The lowest BCUT2D eigenvalue weighted by atomic mass is 9.63. The van der Waals surface area contributed by atoms with Crippen LogP contribution in [0.15, 0.2) is 48.5 Å². The summed E-state index contributed by atoms with van der Waals surface area (Å²) in [7, 11) is 0. The fourth-order valence-electron chi connectivity index (χ4n) is 4.89. The fraction of sp³-hybridized carbons (Fsp3) is 0.423.